The second-order valence-corrected chi connectivity index (χ2v) is 22.2. The van der Waals surface area contributed by atoms with Gasteiger partial charge in [-0.2, -0.15) is 0 Å². The number of nitrogens with zero attached hydrogens (tertiary/aromatic N) is 1. The molecule has 1 aliphatic carbocycles. The van der Waals surface area contributed by atoms with Gasteiger partial charge in [-0.1, -0.05) is 64.2 Å². The maximum absolute atomic E-state index is 14.5. The summed E-state index contributed by atoms with van der Waals surface area (Å²) in [5, 5.41) is 37.0. The number of aliphatic hydroxyl groups is 3. The number of esters is 1. The molecule has 0 radical (unpaired) electrons. The number of nitrogens with one attached hydrogen (secondary N) is 1. The van der Waals surface area contributed by atoms with E-state index in [2.05, 4.69) is 5.32 Å². The summed E-state index contributed by atoms with van der Waals surface area (Å²) in [7, 11) is 4.67. The molecule has 3 heterocycles. The average Bonchev–Trinajstić information content (AvgIpc) is 3.45. The van der Waals surface area contributed by atoms with Crippen molar-refractivity contribution in [1.82, 2.24) is 10.2 Å². The Labute approximate surface area is 473 Å². The summed E-state index contributed by atoms with van der Waals surface area (Å²) in [6, 6.07) is -2.20. The Bertz CT molecular complexity index is 2100. The highest BCUT2D eigenvalue weighted by atomic mass is 16.6. The second-order valence-electron chi connectivity index (χ2n) is 22.2. The predicted octanol–water partition coefficient (Wildman–Crippen LogP) is 4.65. The molecule has 21 nitrogen and oxygen atoms in total. The SMILES string of the molecule is COCCOCCOCCOCCNC(=O)O[C@@H]1CC[C@@H](C[C@@H](N)[C@@H]2CC(=O)[C@H](C)/C=C(\C)[C@@H](O)[C@@H](O)C(=O)C(C)C[C@H](C)/C=C/C=C/C=C(\C)[C@@H](OC)C[C@@H]3CC[C@@H](C)[C@@](O)(O3)C(=O)C(=O)N3CCCC[C@H]3C(=O)O2)C[C@H]1OC. The zero-order chi connectivity index (χ0) is 58.9. The van der Waals surface area contributed by atoms with Crippen LogP contribution in [0.1, 0.15) is 119 Å². The Morgan fingerprint density at radius 1 is 0.800 bits per heavy atom. The highest BCUT2D eigenvalue weighted by Crippen LogP contribution is 2.37. The average molecular weight is 1130 g/mol. The van der Waals surface area contributed by atoms with E-state index in [4.69, 9.17) is 48.4 Å². The minimum Gasteiger partial charge on any atom is -0.459 e. The van der Waals surface area contributed by atoms with Gasteiger partial charge in [0.2, 0.25) is 5.79 Å². The zero-order valence-corrected chi connectivity index (χ0v) is 48.9. The van der Waals surface area contributed by atoms with Crippen LogP contribution in [0.5, 0.6) is 0 Å². The van der Waals surface area contributed by atoms with Crippen molar-refractivity contribution in [3.8, 4) is 0 Å². The number of methoxy groups -OCH3 is 3. The molecule has 1 saturated carbocycles. The summed E-state index contributed by atoms with van der Waals surface area (Å²) in [6.07, 6.45) is 7.21. The number of ketones is 3. The van der Waals surface area contributed by atoms with Gasteiger partial charge in [-0.05, 0) is 101 Å². The van der Waals surface area contributed by atoms with Crippen molar-refractivity contribution >= 4 is 35.3 Å². The Kier molecular flexibility index (Phi) is 29.9. The molecule has 6 N–H and O–H groups in total. The van der Waals surface area contributed by atoms with Crippen LogP contribution in [0.15, 0.2) is 47.6 Å². The number of cyclic esters (lactones) is 1. The van der Waals surface area contributed by atoms with Crippen LogP contribution >= 0.6 is 0 Å². The number of hydrogen-bond donors (Lipinski definition) is 5. The van der Waals surface area contributed by atoms with Crippen molar-refractivity contribution in [1.29, 1.82) is 0 Å². The van der Waals surface area contributed by atoms with Crippen molar-refractivity contribution in [2.24, 2.45) is 35.3 Å². The number of alkyl carbamates (subject to hydrolysis) is 1. The van der Waals surface area contributed by atoms with E-state index in [9.17, 15) is 44.1 Å². The van der Waals surface area contributed by atoms with E-state index in [1.54, 1.807) is 35.0 Å². The van der Waals surface area contributed by atoms with E-state index in [0.717, 1.165) is 10.5 Å². The van der Waals surface area contributed by atoms with E-state index in [-0.39, 0.29) is 62.8 Å². The number of fused-ring (bicyclic) bond motifs is 3. The highest BCUT2D eigenvalue weighted by Gasteiger charge is 2.53. The molecule has 0 spiro atoms. The van der Waals surface area contributed by atoms with Gasteiger partial charge < -0.3 is 73.9 Å². The van der Waals surface area contributed by atoms with Gasteiger partial charge in [-0.25, -0.2) is 9.59 Å². The van der Waals surface area contributed by atoms with E-state index in [0.29, 0.717) is 91.0 Å². The first kappa shape index (κ1) is 68.2. The lowest BCUT2D eigenvalue weighted by molar-refractivity contribution is -0.265. The van der Waals surface area contributed by atoms with Crippen LogP contribution in [-0.2, 0) is 66.6 Å². The summed E-state index contributed by atoms with van der Waals surface area (Å²) in [5.41, 5.74) is 7.98. The molecule has 454 valence electrons. The van der Waals surface area contributed by atoms with Gasteiger partial charge in [0.05, 0.1) is 64.6 Å². The number of amides is 2. The minimum atomic E-state index is -2.49. The summed E-state index contributed by atoms with van der Waals surface area (Å²) in [6.45, 7) is 13.3. The topological polar surface area (TPSA) is 287 Å². The van der Waals surface area contributed by atoms with Crippen molar-refractivity contribution in [2.75, 3.05) is 80.7 Å². The molecule has 21 heteroatoms. The number of ether oxygens (including phenoxy) is 9. The van der Waals surface area contributed by atoms with Crippen molar-refractivity contribution in [3.63, 3.8) is 0 Å². The number of carbonyl (C=O) groups is 6. The molecule has 0 aromatic carbocycles. The van der Waals surface area contributed by atoms with Crippen LogP contribution in [0, 0.1) is 29.6 Å². The van der Waals surface area contributed by atoms with Crippen LogP contribution in [-0.4, -0.2) is 197 Å². The predicted molar refractivity (Wildman–Crippen MR) is 296 cm³/mol. The molecule has 0 aromatic rings. The first-order valence-corrected chi connectivity index (χ1v) is 28.7. The molecule has 2 saturated heterocycles. The third-order valence-corrected chi connectivity index (χ3v) is 15.9. The molecule has 15 atom stereocenters. The van der Waals surface area contributed by atoms with E-state index < -0.39 is 114 Å². The lowest BCUT2D eigenvalue weighted by Gasteiger charge is -2.42. The molecule has 0 aromatic heterocycles. The molecule has 80 heavy (non-hydrogen) atoms. The summed E-state index contributed by atoms with van der Waals surface area (Å²) in [4.78, 5) is 84.8. The molecule has 3 aliphatic heterocycles. The molecule has 4 rings (SSSR count). The first-order chi connectivity index (χ1) is 38.1. The number of nitrogens with two attached hydrogens (primary N) is 1. The second kappa shape index (κ2) is 35.0. The largest absolute Gasteiger partial charge is 0.459 e. The number of rotatable bonds is 18. The van der Waals surface area contributed by atoms with Gasteiger partial charge in [0.25, 0.3) is 11.7 Å². The Morgan fingerprint density at radius 3 is 2.16 bits per heavy atom. The third-order valence-electron chi connectivity index (χ3n) is 15.9. The third kappa shape index (κ3) is 21.2. The van der Waals surface area contributed by atoms with Crippen molar-refractivity contribution < 1.29 is 86.7 Å². The molecule has 3 fully saturated rings. The maximum atomic E-state index is 14.5. The minimum absolute atomic E-state index is 0.0137. The van der Waals surface area contributed by atoms with Crippen molar-refractivity contribution in [2.45, 2.75) is 179 Å². The van der Waals surface area contributed by atoms with Crippen LogP contribution in [0.3, 0.4) is 0 Å². The van der Waals surface area contributed by atoms with Gasteiger partial charge >= 0.3 is 12.1 Å². The number of aliphatic hydroxyl groups excluding tert-OH is 2. The smallest absolute Gasteiger partial charge is 0.407 e. The van der Waals surface area contributed by atoms with Gasteiger partial charge in [0.1, 0.15) is 36.2 Å². The monoisotopic (exact) mass is 1130 g/mol. The van der Waals surface area contributed by atoms with E-state index in [1.165, 1.54) is 20.1 Å². The molecule has 1 unspecified atom stereocenters. The van der Waals surface area contributed by atoms with Crippen LogP contribution in [0.25, 0.3) is 0 Å². The van der Waals surface area contributed by atoms with Crippen LogP contribution < -0.4 is 11.1 Å². The molecule has 2 bridgehead atoms. The maximum Gasteiger partial charge on any atom is 0.407 e. The summed E-state index contributed by atoms with van der Waals surface area (Å²) < 4.78 is 51.0. The van der Waals surface area contributed by atoms with Gasteiger partial charge in [-0.15, -0.1) is 0 Å². The molecular weight excluding hydrogens is 1040 g/mol. The number of Topliss-reactive ketones (excluding diaryl/α,β-unsaturated/α-hetero) is 3. The highest BCUT2D eigenvalue weighted by molar-refractivity contribution is 6.39. The van der Waals surface area contributed by atoms with Gasteiger partial charge in [0, 0.05) is 71.1 Å². The quantitative estimate of drug-likeness (QED) is 0.0540. The van der Waals surface area contributed by atoms with E-state index in [1.807, 2.05) is 44.2 Å². The van der Waals surface area contributed by atoms with Crippen LogP contribution in [0.4, 0.5) is 4.79 Å². The Hall–Kier alpha value is -4.26. The number of piperidine rings is 1. The normalized spacial score (nSPS) is 34.9. The fourth-order valence-electron chi connectivity index (χ4n) is 10.9. The van der Waals surface area contributed by atoms with Gasteiger partial charge in [-0.3, -0.25) is 19.2 Å². The Morgan fingerprint density at radius 2 is 1.49 bits per heavy atom. The number of hydrogen-bond acceptors (Lipinski definition) is 19. The molecule has 2 amide bonds. The Balaban J connectivity index is 1.53. The standard InChI is InChI=1S/C59H95N3O18/c1-37-15-11-10-12-16-38(2)49(73-8)35-44-20-18-42(6)59(71,80-44)55(67)56(68)62-23-14-13-17-46(62)57(69)78-50(36-47(63)39(3)32-41(5)53(65)54(66)52(64)40(4)31-37)45(60)33-43-19-21-48(51(34-43)74-9)79-58(70)61-22-24-75-27-28-77-30-29-76-26-25-72-7/h10-12,15-16,32,37,39-40,42-46,48-51,53-54,65-66,71H,13-14,17-31,33-36,60H2,1-9H3,(H,61,70)/b12-10+,15-11+,38-16+,41-32+/t37-,39-,40?,42-,43+,44+,45-,46+,48-,49+,50+,51-,53-,54+,59-/m1/s1. The van der Waals surface area contributed by atoms with E-state index >= 15 is 0 Å². The summed E-state index contributed by atoms with van der Waals surface area (Å²) in [5.74, 6) is -9.12. The first-order valence-electron chi connectivity index (χ1n) is 28.7. The molecular formula is C59H95N3O18. The molecule has 4 aliphatic rings. The number of allylic oxidation sites excluding steroid dienone is 6. The summed E-state index contributed by atoms with van der Waals surface area (Å²) >= 11 is 0. The fourth-order valence-corrected chi connectivity index (χ4v) is 10.9. The fraction of sp³-hybridized carbons (Fsp3) is 0.763. The van der Waals surface area contributed by atoms with Gasteiger partial charge in [0.15, 0.2) is 5.78 Å². The van der Waals surface area contributed by atoms with Crippen molar-refractivity contribution in [3.05, 3.63) is 47.6 Å². The number of carbonyl (C=O) groups excluding carboxylic acids is 6. The lowest BCUT2D eigenvalue weighted by atomic mass is 9.80. The lowest BCUT2D eigenvalue weighted by Crippen LogP contribution is -2.61. The zero-order valence-electron chi connectivity index (χ0n) is 48.9. The van der Waals surface area contributed by atoms with Crippen LogP contribution in [0.2, 0.25) is 0 Å².